The van der Waals surface area contributed by atoms with Crippen LogP contribution in [0.25, 0.3) is 0 Å². The van der Waals surface area contributed by atoms with Gasteiger partial charge in [-0.25, -0.2) is 13.4 Å². The molecule has 2 N–H and O–H groups in total. The van der Waals surface area contributed by atoms with Gasteiger partial charge in [-0.05, 0) is 6.92 Å². The van der Waals surface area contributed by atoms with Crippen LogP contribution in [-0.4, -0.2) is 40.4 Å². The predicted octanol–water partition coefficient (Wildman–Crippen LogP) is 0.415. The molecule has 0 aliphatic rings. The largest absolute Gasteiger partial charge is 0.393 e. The van der Waals surface area contributed by atoms with E-state index < -0.39 is 10.0 Å². The zero-order chi connectivity index (χ0) is 13.9. The van der Waals surface area contributed by atoms with Crippen LogP contribution in [0.1, 0.15) is 19.2 Å². The zero-order valence-electron chi connectivity index (χ0n) is 10.8. The number of aryl methyl sites for hydroxylation is 2. The lowest BCUT2D eigenvalue weighted by Crippen LogP contribution is -2.33. The van der Waals surface area contributed by atoms with Gasteiger partial charge in [0.15, 0.2) is 5.03 Å². The molecule has 0 saturated carbocycles. The van der Waals surface area contributed by atoms with E-state index in [1.165, 1.54) is 10.5 Å². The van der Waals surface area contributed by atoms with E-state index in [4.69, 9.17) is 18.0 Å². The standard InChI is InChI=1S/C10H18N4O2S2/c1-4-14(6-5-9(11)17)18(15,16)10-7-13(3)8(2)12-10/h7H,4-6H2,1-3H3,(H2,11,17). The smallest absolute Gasteiger partial charge is 0.262 e. The van der Waals surface area contributed by atoms with Crippen LogP contribution in [0.5, 0.6) is 0 Å². The fourth-order valence-electron chi connectivity index (χ4n) is 1.47. The van der Waals surface area contributed by atoms with Gasteiger partial charge in [-0.2, -0.15) is 4.31 Å². The lowest BCUT2D eigenvalue weighted by molar-refractivity contribution is 0.435. The van der Waals surface area contributed by atoms with Gasteiger partial charge in [0, 0.05) is 32.8 Å². The number of rotatable bonds is 6. The van der Waals surface area contributed by atoms with Crippen LogP contribution >= 0.6 is 12.2 Å². The molecule has 0 atom stereocenters. The van der Waals surface area contributed by atoms with Crippen molar-refractivity contribution in [1.29, 1.82) is 0 Å². The molecule has 8 heteroatoms. The number of imidazole rings is 1. The number of nitrogens with zero attached hydrogens (tertiary/aromatic N) is 3. The van der Waals surface area contributed by atoms with Gasteiger partial charge in [0.1, 0.15) is 5.82 Å². The van der Waals surface area contributed by atoms with E-state index >= 15 is 0 Å². The number of hydrogen-bond acceptors (Lipinski definition) is 4. The van der Waals surface area contributed by atoms with E-state index in [2.05, 4.69) is 4.98 Å². The van der Waals surface area contributed by atoms with Crippen molar-refractivity contribution in [2.45, 2.75) is 25.3 Å². The SMILES string of the molecule is CCN(CCC(N)=S)S(=O)(=O)c1cn(C)c(C)n1. The highest BCUT2D eigenvalue weighted by atomic mass is 32.2. The van der Waals surface area contributed by atoms with E-state index in [0.717, 1.165) is 0 Å². The molecule has 102 valence electrons. The lowest BCUT2D eigenvalue weighted by Gasteiger charge is -2.18. The van der Waals surface area contributed by atoms with E-state index in [0.29, 0.717) is 23.8 Å². The first kappa shape index (κ1) is 15.1. The topological polar surface area (TPSA) is 81.2 Å². The molecule has 1 rings (SSSR count). The Balaban J connectivity index is 2.99. The Labute approximate surface area is 113 Å². The summed E-state index contributed by atoms with van der Waals surface area (Å²) in [6.07, 6.45) is 1.88. The van der Waals surface area contributed by atoms with Crippen LogP contribution in [-0.2, 0) is 17.1 Å². The highest BCUT2D eigenvalue weighted by molar-refractivity contribution is 7.89. The van der Waals surface area contributed by atoms with Crippen molar-refractivity contribution in [2.24, 2.45) is 12.8 Å². The van der Waals surface area contributed by atoms with E-state index in [9.17, 15) is 8.42 Å². The maximum absolute atomic E-state index is 12.3. The molecule has 0 unspecified atom stereocenters. The Morgan fingerprint density at radius 2 is 2.22 bits per heavy atom. The third-order valence-corrected chi connectivity index (χ3v) is 4.70. The third-order valence-electron chi connectivity index (χ3n) is 2.65. The number of thiocarbonyl (C=S) groups is 1. The molecule has 0 amide bonds. The molecular weight excluding hydrogens is 272 g/mol. The third kappa shape index (κ3) is 3.27. The van der Waals surface area contributed by atoms with Gasteiger partial charge in [0.2, 0.25) is 0 Å². The Kier molecular flexibility index (Phi) is 4.83. The van der Waals surface area contributed by atoms with Gasteiger partial charge >= 0.3 is 0 Å². The van der Waals surface area contributed by atoms with E-state index in [-0.39, 0.29) is 11.6 Å². The lowest BCUT2D eigenvalue weighted by atomic mass is 10.4. The molecule has 0 fully saturated rings. The van der Waals surface area contributed by atoms with Gasteiger partial charge in [0.25, 0.3) is 10.0 Å². The summed E-state index contributed by atoms with van der Waals surface area (Å²) >= 11 is 4.76. The second-order valence-corrected chi connectivity index (χ2v) is 6.36. The van der Waals surface area contributed by atoms with Crippen molar-refractivity contribution in [3.05, 3.63) is 12.0 Å². The number of sulfonamides is 1. The molecule has 0 spiro atoms. The molecule has 0 aliphatic heterocycles. The van der Waals surface area contributed by atoms with Crippen molar-refractivity contribution >= 4 is 27.2 Å². The van der Waals surface area contributed by atoms with Crippen LogP contribution in [0, 0.1) is 6.92 Å². The van der Waals surface area contributed by atoms with Crippen LogP contribution in [0.4, 0.5) is 0 Å². The Morgan fingerprint density at radius 3 is 2.61 bits per heavy atom. The van der Waals surface area contributed by atoms with Crippen molar-refractivity contribution in [1.82, 2.24) is 13.9 Å². The first-order valence-electron chi connectivity index (χ1n) is 5.57. The maximum Gasteiger partial charge on any atom is 0.262 e. The highest BCUT2D eigenvalue weighted by Crippen LogP contribution is 2.14. The summed E-state index contributed by atoms with van der Waals surface area (Å²) in [5.41, 5.74) is 5.40. The van der Waals surface area contributed by atoms with Gasteiger partial charge in [-0.15, -0.1) is 0 Å². The average molecular weight is 290 g/mol. The van der Waals surface area contributed by atoms with Crippen molar-refractivity contribution < 1.29 is 8.42 Å². The van der Waals surface area contributed by atoms with E-state index in [1.807, 2.05) is 0 Å². The normalized spacial score (nSPS) is 12.0. The molecule has 1 aromatic rings. The van der Waals surface area contributed by atoms with Crippen molar-refractivity contribution in [2.75, 3.05) is 13.1 Å². The summed E-state index contributed by atoms with van der Waals surface area (Å²) in [5, 5.41) is 0.0623. The fraction of sp³-hybridized carbons (Fsp3) is 0.600. The maximum atomic E-state index is 12.3. The Bertz CT molecular complexity index is 517. The molecule has 0 saturated heterocycles. The van der Waals surface area contributed by atoms with Crippen LogP contribution in [0.2, 0.25) is 0 Å². The first-order chi connectivity index (χ1) is 8.28. The summed E-state index contributed by atoms with van der Waals surface area (Å²) in [4.78, 5) is 4.35. The summed E-state index contributed by atoms with van der Waals surface area (Å²) < 4.78 is 27.6. The Morgan fingerprint density at radius 1 is 1.61 bits per heavy atom. The van der Waals surface area contributed by atoms with Gasteiger partial charge in [-0.3, -0.25) is 0 Å². The van der Waals surface area contributed by atoms with Crippen LogP contribution < -0.4 is 5.73 Å². The molecule has 0 bridgehead atoms. The molecule has 0 radical (unpaired) electrons. The summed E-state index contributed by atoms with van der Waals surface area (Å²) in [5.74, 6) is 0.652. The quantitative estimate of drug-likeness (QED) is 0.768. The predicted molar refractivity (Wildman–Crippen MR) is 73.8 cm³/mol. The number of aromatic nitrogens is 2. The number of hydrogen-bond donors (Lipinski definition) is 1. The average Bonchev–Trinajstić information content (AvgIpc) is 2.60. The molecular formula is C10H18N4O2S2. The minimum atomic E-state index is -3.56. The zero-order valence-corrected chi connectivity index (χ0v) is 12.4. The fourth-order valence-corrected chi connectivity index (χ4v) is 3.03. The van der Waals surface area contributed by atoms with Crippen LogP contribution in [0.15, 0.2) is 11.2 Å². The van der Waals surface area contributed by atoms with Crippen molar-refractivity contribution in [3.8, 4) is 0 Å². The van der Waals surface area contributed by atoms with Gasteiger partial charge in [0.05, 0.1) is 4.99 Å². The van der Waals surface area contributed by atoms with E-state index in [1.54, 1.807) is 25.5 Å². The molecule has 18 heavy (non-hydrogen) atoms. The highest BCUT2D eigenvalue weighted by Gasteiger charge is 2.25. The summed E-state index contributed by atoms with van der Waals surface area (Å²) in [7, 11) is -1.81. The molecule has 1 aromatic heterocycles. The second-order valence-electron chi connectivity index (χ2n) is 3.95. The monoisotopic (exact) mass is 290 g/mol. The minimum absolute atomic E-state index is 0.0623. The van der Waals surface area contributed by atoms with Crippen LogP contribution in [0.3, 0.4) is 0 Å². The minimum Gasteiger partial charge on any atom is -0.393 e. The summed E-state index contributed by atoms with van der Waals surface area (Å²) in [6, 6.07) is 0. The van der Waals surface area contributed by atoms with Gasteiger partial charge < -0.3 is 10.3 Å². The number of nitrogens with two attached hydrogens (primary N) is 1. The summed E-state index contributed by atoms with van der Waals surface area (Å²) in [6.45, 7) is 4.17. The Hall–Kier alpha value is -0.990. The van der Waals surface area contributed by atoms with Gasteiger partial charge in [-0.1, -0.05) is 19.1 Å². The molecule has 0 aromatic carbocycles. The molecule has 1 heterocycles. The van der Waals surface area contributed by atoms with Crippen molar-refractivity contribution in [3.63, 3.8) is 0 Å². The first-order valence-corrected chi connectivity index (χ1v) is 7.42. The molecule has 0 aliphatic carbocycles. The molecule has 6 nitrogen and oxygen atoms in total. The second kappa shape index (κ2) is 5.77.